The molecule has 0 aliphatic rings. The lowest BCUT2D eigenvalue weighted by Crippen LogP contribution is -2.10. The molecule has 1 N–H and O–H groups in total. The van der Waals surface area contributed by atoms with Gasteiger partial charge in [-0.15, -0.1) is 0 Å². The third-order valence-electron chi connectivity index (χ3n) is 2.32. The van der Waals surface area contributed by atoms with Crippen molar-refractivity contribution in [2.75, 3.05) is 32.2 Å². The Hall–Kier alpha value is -1.36. The lowest BCUT2D eigenvalue weighted by molar-refractivity contribution is 0.0989. The van der Waals surface area contributed by atoms with Gasteiger partial charge in [0.15, 0.2) is 0 Å². The van der Waals surface area contributed by atoms with E-state index in [1.54, 1.807) is 6.07 Å². The Balaban J connectivity index is 2.56. The first kappa shape index (κ1) is 14.7. The minimum Gasteiger partial charge on any atom is -0.475 e. The summed E-state index contributed by atoms with van der Waals surface area (Å²) in [6.45, 7) is 8.07. The fourth-order valence-corrected chi connectivity index (χ4v) is 1.35. The van der Waals surface area contributed by atoms with Crippen LogP contribution in [0, 0.1) is 0 Å². The molecule has 0 atom stereocenters. The highest BCUT2D eigenvalue weighted by Gasteiger charge is 2.08. The zero-order valence-electron chi connectivity index (χ0n) is 11.7. The largest absolute Gasteiger partial charge is 0.475 e. The van der Waals surface area contributed by atoms with Crippen LogP contribution < -0.4 is 10.1 Å². The van der Waals surface area contributed by atoms with E-state index in [1.807, 2.05) is 7.05 Å². The van der Waals surface area contributed by atoms with Crippen LogP contribution in [-0.4, -0.2) is 36.8 Å². The number of nitrogens with one attached hydrogen (secondary N) is 1. The molecule has 1 rings (SSSR count). The van der Waals surface area contributed by atoms with Crippen LogP contribution in [0.25, 0.3) is 0 Å². The highest BCUT2D eigenvalue weighted by molar-refractivity contribution is 5.38. The third kappa shape index (κ3) is 4.87. The number of anilines is 1. The second kappa shape index (κ2) is 7.87. The zero-order valence-corrected chi connectivity index (χ0v) is 11.7. The Kier molecular flexibility index (Phi) is 6.43. The Morgan fingerprint density at radius 1 is 1.22 bits per heavy atom. The van der Waals surface area contributed by atoms with Crippen molar-refractivity contribution in [1.29, 1.82) is 0 Å². The van der Waals surface area contributed by atoms with E-state index < -0.39 is 0 Å². The quantitative estimate of drug-likeness (QED) is 0.721. The first-order valence-corrected chi connectivity index (χ1v) is 6.44. The highest BCUT2D eigenvalue weighted by atomic mass is 16.5. The van der Waals surface area contributed by atoms with Crippen LogP contribution in [0.5, 0.6) is 5.88 Å². The van der Waals surface area contributed by atoms with E-state index in [-0.39, 0.29) is 5.92 Å². The molecular formula is C13H23N3O2. The van der Waals surface area contributed by atoms with Crippen LogP contribution >= 0.6 is 0 Å². The summed E-state index contributed by atoms with van der Waals surface area (Å²) in [6.07, 6.45) is 1.02. The molecule has 0 saturated heterocycles. The smallest absolute Gasteiger partial charge is 0.218 e. The molecule has 0 fully saturated rings. The molecule has 1 aromatic heterocycles. The second-order valence-electron chi connectivity index (χ2n) is 4.32. The number of aromatic nitrogens is 2. The van der Waals surface area contributed by atoms with E-state index >= 15 is 0 Å². The Morgan fingerprint density at radius 3 is 2.61 bits per heavy atom. The molecule has 5 heteroatoms. The molecule has 1 heterocycles. The number of nitrogens with zero attached hydrogens (tertiary/aromatic N) is 2. The number of hydrogen-bond acceptors (Lipinski definition) is 5. The minimum absolute atomic E-state index is 0.275. The van der Waals surface area contributed by atoms with Crippen LogP contribution in [-0.2, 0) is 4.74 Å². The van der Waals surface area contributed by atoms with Gasteiger partial charge < -0.3 is 14.8 Å². The number of rotatable bonds is 8. The minimum atomic E-state index is 0.275. The molecule has 0 aliphatic carbocycles. The average molecular weight is 253 g/mol. The topological polar surface area (TPSA) is 56.3 Å². The van der Waals surface area contributed by atoms with Gasteiger partial charge in [0.2, 0.25) is 5.88 Å². The summed E-state index contributed by atoms with van der Waals surface area (Å²) in [6, 6.07) is 1.80. The second-order valence-corrected chi connectivity index (χ2v) is 4.32. The van der Waals surface area contributed by atoms with Crippen LogP contribution in [0.1, 0.15) is 38.9 Å². The third-order valence-corrected chi connectivity index (χ3v) is 2.32. The van der Waals surface area contributed by atoms with Gasteiger partial charge in [0.1, 0.15) is 18.2 Å². The maximum atomic E-state index is 5.57. The van der Waals surface area contributed by atoms with Gasteiger partial charge in [-0.25, -0.2) is 4.98 Å². The molecule has 1 aromatic rings. The predicted molar refractivity (Wildman–Crippen MR) is 72.3 cm³/mol. The molecule has 18 heavy (non-hydrogen) atoms. The summed E-state index contributed by atoms with van der Waals surface area (Å²) in [5, 5.41) is 3.01. The highest BCUT2D eigenvalue weighted by Crippen LogP contribution is 2.18. The van der Waals surface area contributed by atoms with Gasteiger partial charge in [-0.2, -0.15) is 4.98 Å². The van der Waals surface area contributed by atoms with Crippen molar-refractivity contribution >= 4 is 5.82 Å². The molecule has 0 radical (unpaired) electrons. The van der Waals surface area contributed by atoms with Crippen molar-refractivity contribution in [2.45, 2.75) is 33.1 Å². The summed E-state index contributed by atoms with van der Waals surface area (Å²) in [7, 11) is 1.83. The molecule has 0 amide bonds. The van der Waals surface area contributed by atoms with Gasteiger partial charge >= 0.3 is 0 Å². The van der Waals surface area contributed by atoms with Gasteiger partial charge in [-0.3, -0.25) is 0 Å². The SMILES string of the molecule is CCCOCCOc1cc(NC)nc(C(C)C)n1. The molecule has 0 bridgehead atoms. The average Bonchev–Trinajstić information content (AvgIpc) is 2.38. The van der Waals surface area contributed by atoms with Gasteiger partial charge in [-0.1, -0.05) is 20.8 Å². The molecule has 0 saturated carbocycles. The molecule has 102 valence electrons. The predicted octanol–water partition coefficient (Wildman–Crippen LogP) is 2.45. The van der Waals surface area contributed by atoms with E-state index in [0.29, 0.717) is 19.1 Å². The van der Waals surface area contributed by atoms with Gasteiger partial charge in [-0.05, 0) is 6.42 Å². The van der Waals surface area contributed by atoms with Crippen LogP contribution in [0.2, 0.25) is 0 Å². The van der Waals surface area contributed by atoms with E-state index in [1.165, 1.54) is 0 Å². The lowest BCUT2D eigenvalue weighted by Gasteiger charge is -2.11. The summed E-state index contributed by atoms with van der Waals surface area (Å²) >= 11 is 0. The standard InChI is InChI=1S/C13H23N3O2/c1-5-6-17-7-8-18-12-9-11(14-4)15-13(16-12)10(2)3/h9-10H,5-8H2,1-4H3,(H,14,15,16). The van der Waals surface area contributed by atoms with Crippen molar-refractivity contribution in [3.05, 3.63) is 11.9 Å². The fourth-order valence-electron chi connectivity index (χ4n) is 1.35. The summed E-state index contributed by atoms with van der Waals surface area (Å²) in [5.41, 5.74) is 0. The summed E-state index contributed by atoms with van der Waals surface area (Å²) in [4.78, 5) is 8.75. The van der Waals surface area contributed by atoms with E-state index in [4.69, 9.17) is 9.47 Å². The van der Waals surface area contributed by atoms with E-state index in [0.717, 1.165) is 24.7 Å². The summed E-state index contributed by atoms with van der Waals surface area (Å²) < 4.78 is 10.9. The van der Waals surface area contributed by atoms with E-state index in [2.05, 4.69) is 36.1 Å². The van der Waals surface area contributed by atoms with Crippen molar-refractivity contribution in [3.63, 3.8) is 0 Å². The van der Waals surface area contributed by atoms with Gasteiger partial charge in [0.25, 0.3) is 0 Å². The van der Waals surface area contributed by atoms with Gasteiger partial charge in [0, 0.05) is 25.6 Å². The lowest BCUT2D eigenvalue weighted by atomic mass is 10.2. The molecule has 0 aromatic carbocycles. The molecule has 5 nitrogen and oxygen atoms in total. The summed E-state index contributed by atoms with van der Waals surface area (Å²) in [5.74, 6) is 2.43. The van der Waals surface area contributed by atoms with Crippen molar-refractivity contribution in [3.8, 4) is 5.88 Å². The van der Waals surface area contributed by atoms with Crippen LogP contribution in [0.15, 0.2) is 6.07 Å². The first-order valence-electron chi connectivity index (χ1n) is 6.44. The van der Waals surface area contributed by atoms with Gasteiger partial charge in [0.05, 0.1) is 6.61 Å². The van der Waals surface area contributed by atoms with E-state index in [9.17, 15) is 0 Å². The Labute approximate surface area is 109 Å². The van der Waals surface area contributed by atoms with Crippen molar-refractivity contribution in [1.82, 2.24) is 9.97 Å². The number of ether oxygens (including phenoxy) is 2. The van der Waals surface area contributed by atoms with Crippen LogP contribution in [0.3, 0.4) is 0 Å². The van der Waals surface area contributed by atoms with Crippen molar-refractivity contribution < 1.29 is 9.47 Å². The molecule has 0 aliphatic heterocycles. The monoisotopic (exact) mass is 253 g/mol. The normalized spacial score (nSPS) is 10.7. The Morgan fingerprint density at radius 2 is 2.00 bits per heavy atom. The maximum absolute atomic E-state index is 5.57. The molecular weight excluding hydrogens is 230 g/mol. The maximum Gasteiger partial charge on any atom is 0.218 e. The first-order chi connectivity index (χ1) is 8.67. The zero-order chi connectivity index (χ0) is 13.4. The Bertz CT molecular complexity index is 356. The van der Waals surface area contributed by atoms with Crippen molar-refractivity contribution in [2.24, 2.45) is 0 Å². The molecule has 0 spiro atoms. The van der Waals surface area contributed by atoms with Crippen LogP contribution in [0.4, 0.5) is 5.82 Å². The molecule has 0 unspecified atom stereocenters. The fraction of sp³-hybridized carbons (Fsp3) is 0.692. The number of hydrogen-bond donors (Lipinski definition) is 1.